The number of nitrogens with zero attached hydrogens (tertiary/aromatic N) is 2. The van der Waals surface area contributed by atoms with Gasteiger partial charge >= 0.3 is 0 Å². The zero-order chi connectivity index (χ0) is 18.4. The molecule has 2 aromatic carbocycles. The predicted molar refractivity (Wildman–Crippen MR) is 125 cm³/mol. The van der Waals surface area contributed by atoms with Crippen molar-refractivity contribution in [3.8, 4) is 0 Å². The van der Waals surface area contributed by atoms with Crippen LogP contribution < -0.4 is 10.6 Å². The molecular weight excluding hydrogens is 447 g/mol. The van der Waals surface area contributed by atoms with E-state index in [1.165, 1.54) is 11.1 Å². The summed E-state index contributed by atoms with van der Waals surface area (Å²) < 4.78 is 0. The zero-order valence-corrected chi connectivity index (χ0v) is 18.4. The molecular formula is C22H27IN4. The van der Waals surface area contributed by atoms with Crippen molar-refractivity contribution in [1.82, 2.24) is 15.6 Å². The van der Waals surface area contributed by atoms with Crippen molar-refractivity contribution in [2.24, 2.45) is 4.99 Å². The molecule has 0 aliphatic heterocycles. The lowest BCUT2D eigenvalue weighted by Gasteiger charge is -2.17. The van der Waals surface area contributed by atoms with Gasteiger partial charge < -0.3 is 10.6 Å². The first kappa shape index (κ1) is 21.2. The number of nitrogens with one attached hydrogen (secondary N) is 2. The van der Waals surface area contributed by atoms with Gasteiger partial charge in [-0.25, -0.2) is 0 Å². The summed E-state index contributed by atoms with van der Waals surface area (Å²) in [7, 11) is 1.80. The lowest BCUT2D eigenvalue weighted by Crippen LogP contribution is -2.38. The van der Waals surface area contributed by atoms with Gasteiger partial charge in [0.2, 0.25) is 0 Å². The predicted octanol–water partition coefficient (Wildman–Crippen LogP) is 4.63. The number of hydrogen-bond acceptors (Lipinski definition) is 2. The molecule has 1 unspecified atom stereocenters. The van der Waals surface area contributed by atoms with Crippen molar-refractivity contribution in [3.05, 3.63) is 77.5 Å². The van der Waals surface area contributed by atoms with Gasteiger partial charge in [-0.05, 0) is 30.0 Å². The second kappa shape index (κ2) is 10.3. The van der Waals surface area contributed by atoms with Crippen LogP contribution in [-0.4, -0.2) is 24.5 Å². The molecule has 1 heterocycles. The van der Waals surface area contributed by atoms with Crippen molar-refractivity contribution < 1.29 is 0 Å². The van der Waals surface area contributed by atoms with E-state index in [0.29, 0.717) is 12.5 Å². The van der Waals surface area contributed by atoms with E-state index in [9.17, 15) is 0 Å². The first-order valence-corrected chi connectivity index (χ1v) is 9.01. The number of aromatic nitrogens is 1. The van der Waals surface area contributed by atoms with Crippen LogP contribution in [0.1, 0.15) is 29.5 Å². The summed E-state index contributed by atoms with van der Waals surface area (Å²) in [5, 5.41) is 7.97. The van der Waals surface area contributed by atoms with Gasteiger partial charge in [-0.2, -0.15) is 0 Å². The van der Waals surface area contributed by atoms with E-state index in [1.54, 1.807) is 7.05 Å². The van der Waals surface area contributed by atoms with E-state index in [-0.39, 0.29) is 24.0 Å². The standard InChI is InChI=1S/C22H26N4.HI/c1-16-7-4-9-19(13-16)17(2)14-25-22(23-3)26-15-20-10-5-8-18-11-6-12-24-21(18)20;/h4-13,17H,14-15H2,1-3H3,(H2,23,25,26);1H. The number of benzene rings is 2. The molecule has 0 aliphatic carbocycles. The molecule has 3 aromatic rings. The maximum Gasteiger partial charge on any atom is 0.191 e. The topological polar surface area (TPSA) is 49.3 Å². The Kier molecular flexibility index (Phi) is 8.03. The van der Waals surface area contributed by atoms with E-state index in [1.807, 2.05) is 12.3 Å². The lowest BCUT2D eigenvalue weighted by molar-refractivity contribution is 0.698. The molecule has 0 bridgehead atoms. The van der Waals surface area contributed by atoms with Crippen molar-refractivity contribution in [1.29, 1.82) is 0 Å². The average Bonchev–Trinajstić information content (AvgIpc) is 2.68. The maximum atomic E-state index is 4.51. The summed E-state index contributed by atoms with van der Waals surface area (Å²) >= 11 is 0. The van der Waals surface area contributed by atoms with Crippen molar-refractivity contribution in [2.45, 2.75) is 26.3 Å². The number of para-hydroxylation sites is 1. The van der Waals surface area contributed by atoms with Gasteiger partial charge in [0, 0.05) is 31.7 Å². The van der Waals surface area contributed by atoms with E-state index < -0.39 is 0 Å². The Labute approximate surface area is 178 Å². The van der Waals surface area contributed by atoms with Crippen LogP contribution >= 0.6 is 24.0 Å². The Morgan fingerprint density at radius 3 is 2.63 bits per heavy atom. The third-order valence-corrected chi connectivity index (χ3v) is 4.57. The number of rotatable bonds is 5. The molecule has 0 saturated heterocycles. The van der Waals surface area contributed by atoms with E-state index in [2.05, 4.69) is 83.0 Å². The molecule has 0 radical (unpaired) electrons. The van der Waals surface area contributed by atoms with Crippen LogP contribution in [0.3, 0.4) is 0 Å². The Bertz CT molecular complexity index is 902. The fraction of sp³-hybridized carbons (Fsp3) is 0.273. The normalized spacial score (nSPS) is 12.3. The first-order valence-electron chi connectivity index (χ1n) is 9.01. The van der Waals surface area contributed by atoms with Gasteiger partial charge in [-0.1, -0.05) is 61.0 Å². The van der Waals surface area contributed by atoms with Gasteiger partial charge in [0.05, 0.1) is 5.52 Å². The number of pyridine rings is 1. The molecule has 0 amide bonds. The number of halogens is 1. The summed E-state index contributed by atoms with van der Waals surface area (Å²) in [4.78, 5) is 8.85. The minimum Gasteiger partial charge on any atom is -0.356 e. The molecule has 1 aromatic heterocycles. The zero-order valence-electron chi connectivity index (χ0n) is 16.1. The van der Waals surface area contributed by atoms with Crippen LogP contribution in [0, 0.1) is 6.92 Å². The van der Waals surface area contributed by atoms with E-state index in [4.69, 9.17) is 0 Å². The SMILES string of the molecule is CN=C(NCc1cccc2cccnc12)NCC(C)c1cccc(C)c1.I. The van der Waals surface area contributed by atoms with Crippen LogP contribution in [-0.2, 0) is 6.54 Å². The highest BCUT2D eigenvalue weighted by atomic mass is 127. The highest BCUT2D eigenvalue weighted by Crippen LogP contribution is 2.16. The monoisotopic (exact) mass is 474 g/mol. The minimum absolute atomic E-state index is 0. The molecule has 0 saturated carbocycles. The van der Waals surface area contributed by atoms with Crippen molar-refractivity contribution in [3.63, 3.8) is 0 Å². The molecule has 1 atom stereocenters. The highest BCUT2D eigenvalue weighted by molar-refractivity contribution is 14.0. The summed E-state index contributed by atoms with van der Waals surface area (Å²) in [6.07, 6.45) is 1.84. The molecule has 3 rings (SSSR count). The maximum absolute atomic E-state index is 4.51. The lowest BCUT2D eigenvalue weighted by atomic mass is 9.99. The summed E-state index contributed by atoms with van der Waals surface area (Å²) in [5.74, 6) is 1.21. The molecule has 142 valence electrons. The fourth-order valence-corrected chi connectivity index (χ4v) is 3.05. The smallest absolute Gasteiger partial charge is 0.191 e. The van der Waals surface area contributed by atoms with Crippen LogP contribution in [0.15, 0.2) is 65.8 Å². The minimum atomic E-state index is 0. The average molecular weight is 474 g/mol. The van der Waals surface area contributed by atoms with Gasteiger partial charge in [0.15, 0.2) is 5.96 Å². The Balaban J connectivity index is 0.00000261. The third-order valence-electron chi connectivity index (χ3n) is 4.57. The second-order valence-electron chi connectivity index (χ2n) is 6.61. The number of aryl methyl sites for hydroxylation is 1. The highest BCUT2D eigenvalue weighted by Gasteiger charge is 2.08. The van der Waals surface area contributed by atoms with E-state index >= 15 is 0 Å². The Hall–Kier alpha value is -2.15. The Morgan fingerprint density at radius 2 is 1.85 bits per heavy atom. The number of aliphatic imine (C=N–C) groups is 1. The molecule has 5 heteroatoms. The summed E-state index contributed by atoms with van der Waals surface area (Å²) in [5.41, 5.74) is 4.83. The molecule has 0 spiro atoms. The van der Waals surface area contributed by atoms with Crippen LogP contribution in [0.5, 0.6) is 0 Å². The molecule has 4 nitrogen and oxygen atoms in total. The summed E-state index contributed by atoms with van der Waals surface area (Å²) in [6.45, 7) is 5.87. The van der Waals surface area contributed by atoms with E-state index in [0.717, 1.165) is 29.0 Å². The van der Waals surface area contributed by atoms with Crippen molar-refractivity contribution >= 4 is 40.8 Å². The quantitative estimate of drug-likeness (QED) is 0.322. The second-order valence-corrected chi connectivity index (χ2v) is 6.61. The van der Waals surface area contributed by atoms with Crippen LogP contribution in [0.25, 0.3) is 10.9 Å². The van der Waals surface area contributed by atoms with Crippen LogP contribution in [0.4, 0.5) is 0 Å². The number of guanidine groups is 1. The van der Waals surface area contributed by atoms with Gasteiger partial charge in [0.1, 0.15) is 0 Å². The van der Waals surface area contributed by atoms with Crippen LogP contribution in [0.2, 0.25) is 0 Å². The first-order chi connectivity index (χ1) is 12.7. The Morgan fingerprint density at radius 1 is 1.07 bits per heavy atom. The summed E-state index contributed by atoms with van der Waals surface area (Å²) in [6, 6.07) is 19.0. The third kappa shape index (κ3) is 5.66. The van der Waals surface area contributed by atoms with Gasteiger partial charge in [-0.3, -0.25) is 9.98 Å². The molecule has 0 fully saturated rings. The largest absolute Gasteiger partial charge is 0.356 e. The molecule has 0 aliphatic rings. The van der Waals surface area contributed by atoms with Gasteiger partial charge in [-0.15, -0.1) is 24.0 Å². The number of fused-ring (bicyclic) bond motifs is 1. The fourth-order valence-electron chi connectivity index (χ4n) is 3.05. The van der Waals surface area contributed by atoms with Gasteiger partial charge in [0.25, 0.3) is 0 Å². The molecule has 2 N–H and O–H groups in total. The van der Waals surface area contributed by atoms with Crippen molar-refractivity contribution in [2.75, 3.05) is 13.6 Å². The molecule has 27 heavy (non-hydrogen) atoms. The number of hydrogen-bond donors (Lipinski definition) is 2.